The van der Waals surface area contributed by atoms with Gasteiger partial charge in [-0.2, -0.15) is 0 Å². The number of hydrogen-bond donors (Lipinski definition) is 0. The third kappa shape index (κ3) is 2.71. The molecule has 12 heavy (non-hydrogen) atoms. The number of alkyl halides is 1. The summed E-state index contributed by atoms with van der Waals surface area (Å²) in [4.78, 5) is 0. The third-order valence-electron chi connectivity index (χ3n) is 1.67. The summed E-state index contributed by atoms with van der Waals surface area (Å²) in [6.07, 6.45) is 2.11. The zero-order chi connectivity index (χ0) is 8.97. The van der Waals surface area contributed by atoms with E-state index in [1.807, 2.05) is 6.92 Å². The van der Waals surface area contributed by atoms with E-state index in [0.717, 1.165) is 0 Å². The quantitative estimate of drug-likeness (QED) is 0.610. The Bertz CT molecular complexity index is 287. The van der Waals surface area contributed by atoms with Gasteiger partial charge in [-0.25, -0.2) is 0 Å². The summed E-state index contributed by atoms with van der Waals surface area (Å²) in [5, 5.41) is 0. The summed E-state index contributed by atoms with van der Waals surface area (Å²) < 4.78 is 0. The largest absolute Gasteiger partial charge is 0.122 e. The lowest BCUT2D eigenvalue weighted by Crippen LogP contribution is -1.79. The van der Waals surface area contributed by atoms with Gasteiger partial charge in [-0.15, -0.1) is 11.6 Å². The minimum atomic E-state index is 0.605. The van der Waals surface area contributed by atoms with Crippen LogP contribution in [0.4, 0.5) is 0 Å². The zero-order valence-electron chi connectivity index (χ0n) is 7.47. The van der Waals surface area contributed by atoms with E-state index in [1.54, 1.807) is 0 Å². The van der Waals surface area contributed by atoms with E-state index in [2.05, 4.69) is 37.3 Å². The van der Waals surface area contributed by atoms with E-state index in [0.29, 0.717) is 5.88 Å². The highest BCUT2D eigenvalue weighted by Gasteiger charge is 1.89. The fourth-order valence-electron chi connectivity index (χ4n) is 1.08. The summed E-state index contributed by atoms with van der Waals surface area (Å²) >= 11 is 5.67. The average molecular weight is 181 g/mol. The molecule has 0 aliphatic heterocycles. The number of rotatable bonds is 2. The SMILES string of the molecule is C/C(=C\c1cccc(C)c1)CCl. The van der Waals surface area contributed by atoms with Crippen molar-refractivity contribution >= 4 is 17.7 Å². The number of benzene rings is 1. The van der Waals surface area contributed by atoms with Crippen LogP contribution in [0.3, 0.4) is 0 Å². The molecule has 0 saturated carbocycles. The molecule has 0 spiro atoms. The molecule has 1 aromatic carbocycles. The number of hydrogen-bond acceptors (Lipinski definition) is 0. The number of allylic oxidation sites excluding steroid dienone is 1. The molecule has 0 unspecified atom stereocenters. The second-order valence-corrected chi connectivity index (χ2v) is 3.31. The highest BCUT2D eigenvalue weighted by molar-refractivity contribution is 6.19. The van der Waals surface area contributed by atoms with Gasteiger partial charge in [0.15, 0.2) is 0 Å². The van der Waals surface area contributed by atoms with Crippen LogP contribution < -0.4 is 0 Å². The van der Waals surface area contributed by atoms with Gasteiger partial charge in [0.2, 0.25) is 0 Å². The van der Waals surface area contributed by atoms with Gasteiger partial charge in [-0.1, -0.05) is 41.5 Å². The van der Waals surface area contributed by atoms with Crippen molar-refractivity contribution in [3.05, 3.63) is 41.0 Å². The van der Waals surface area contributed by atoms with Crippen LogP contribution in [0.15, 0.2) is 29.8 Å². The van der Waals surface area contributed by atoms with E-state index in [9.17, 15) is 0 Å². The van der Waals surface area contributed by atoms with Crippen molar-refractivity contribution in [1.29, 1.82) is 0 Å². The van der Waals surface area contributed by atoms with Crippen molar-refractivity contribution < 1.29 is 0 Å². The molecule has 1 rings (SSSR count). The minimum Gasteiger partial charge on any atom is -0.122 e. The van der Waals surface area contributed by atoms with Crippen LogP contribution in [0.1, 0.15) is 18.1 Å². The summed E-state index contributed by atoms with van der Waals surface area (Å²) in [5.74, 6) is 0.605. The maximum atomic E-state index is 5.67. The first-order valence-electron chi connectivity index (χ1n) is 4.02. The smallest absolute Gasteiger partial charge is 0.0434 e. The molecule has 0 saturated heterocycles. The lowest BCUT2D eigenvalue weighted by atomic mass is 10.1. The Balaban J connectivity index is 2.89. The molecule has 0 nitrogen and oxygen atoms in total. The lowest BCUT2D eigenvalue weighted by molar-refractivity contribution is 1.41. The van der Waals surface area contributed by atoms with Crippen LogP contribution in [-0.2, 0) is 0 Å². The van der Waals surface area contributed by atoms with Crippen molar-refractivity contribution in [3.8, 4) is 0 Å². The van der Waals surface area contributed by atoms with Crippen molar-refractivity contribution in [2.45, 2.75) is 13.8 Å². The maximum Gasteiger partial charge on any atom is 0.0434 e. The van der Waals surface area contributed by atoms with Crippen LogP contribution in [0.2, 0.25) is 0 Å². The molecule has 0 N–H and O–H groups in total. The van der Waals surface area contributed by atoms with Gasteiger partial charge in [0.25, 0.3) is 0 Å². The molecule has 0 bridgehead atoms. The Kier molecular flexibility index (Phi) is 3.36. The molecule has 0 fully saturated rings. The normalized spacial score (nSPS) is 11.8. The molecule has 0 atom stereocenters. The molecule has 0 heterocycles. The first kappa shape index (κ1) is 9.34. The molecule has 1 heteroatoms. The fourth-order valence-corrected chi connectivity index (χ4v) is 1.16. The molecule has 0 amide bonds. The second kappa shape index (κ2) is 4.32. The van der Waals surface area contributed by atoms with Gasteiger partial charge >= 0.3 is 0 Å². The lowest BCUT2D eigenvalue weighted by Gasteiger charge is -1.97. The standard InChI is InChI=1S/C11H13Cl/c1-9-4-3-5-11(6-9)7-10(2)8-12/h3-7H,8H2,1-2H3/b10-7+. The van der Waals surface area contributed by atoms with E-state index >= 15 is 0 Å². The molecule has 0 radical (unpaired) electrons. The van der Waals surface area contributed by atoms with Gasteiger partial charge in [0.05, 0.1) is 0 Å². The molecular weight excluding hydrogens is 168 g/mol. The van der Waals surface area contributed by atoms with E-state index < -0.39 is 0 Å². The van der Waals surface area contributed by atoms with Crippen LogP contribution >= 0.6 is 11.6 Å². The fraction of sp³-hybridized carbons (Fsp3) is 0.273. The molecule has 0 aromatic heterocycles. The molecule has 1 aromatic rings. The van der Waals surface area contributed by atoms with Gasteiger partial charge in [-0.3, -0.25) is 0 Å². The zero-order valence-corrected chi connectivity index (χ0v) is 8.23. The average Bonchev–Trinajstić information content (AvgIpc) is 2.04. The predicted octanol–water partition coefficient (Wildman–Crippen LogP) is 3.64. The Hall–Kier alpha value is -0.750. The van der Waals surface area contributed by atoms with Crippen LogP contribution in [0.25, 0.3) is 6.08 Å². The first-order valence-corrected chi connectivity index (χ1v) is 4.55. The summed E-state index contributed by atoms with van der Waals surface area (Å²) in [5.41, 5.74) is 3.71. The molecule has 64 valence electrons. The number of halogens is 1. The van der Waals surface area contributed by atoms with Crippen LogP contribution in [0, 0.1) is 6.92 Å². The Morgan fingerprint density at radius 2 is 2.25 bits per heavy atom. The summed E-state index contributed by atoms with van der Waals surface area (Å²) in [6.45, 7) is 4.13. The summed E-state index contributed by atoms with van der Waals surface area (Å²) in [6, 6.07) is 8.38. The van der Waals surface area contributed by atoms with E-state index in [4.69, 9.17) is 11.6 Å². The monoisotopic (exact) mass is 180 g/mol. The second-order valence-electron chi connectivity index (χ2n) is 3.04. The Labute approximate surface area is 78.9 Å². The van der Waals surface area contributed by atoms with Gasteiger partial charge in [-0.05, 0) is 19.4 Å². The molecular formula is C11H13Cl. The van der Waals surface area contributed by atoms with Crippen molar-refractivity contribution in [2.24, 2.45) is 0 Å². The van der Waals surface area contributed by atoms with Crippen LogP contribution in [-0.4, -0.2) is 5.88 Å². The molecule has 0 aliphatic carbocycles. The first-order chi connectivity index (χ1) is 5.72. The van der Waals surface area contributed by atoms with E-state index in [1.165, 1.54) is 16.7 Å². The van der Waals surface area contributed by atoms with Gasteiger partial charge in [0, 0.05) is 5.88 Å². The predicted molar refractivity (Wildman–Crippen MR) is 55.6 cm³/mol. The highest BCUT2D eigenvalue weighted by Crippen LogP contribution is 2.09. The van der Waals surface area contributed by atoms with Crippen LogP contribution in [0.5, 0.6) is 0 Å². The third-order valence-corrected chi connectivity index (χ3v) is 2.09. The van der Waals surface area contributed by atoms with Crippen molar-refractivity contribution in [3.63, 3.8) is 0 Å². The summed E-state index contributed by atoms with van der Waals surface area (Å²) in [7, 11) is 0. The van der Waals surface area contributed by atoms with E-state index in [-0.39, 0.29) is 0 Å². The maximum absolute atomic E-state index is 5.67. The van der Waals surface area contributed by atoms with Crippen molar-refractivity contribution in [2.75, 3.05) is 5.88 Å². The highest BCUT2D eigenvalue weighted by atomic mass is 35.5. The number of aryl methyl sites for hydroxylation is 1. The topological polar surface area (TPSA) is 0 Å². The van der Waals surface area contributed by atoms with Gasteiger partial charge in [0.1, 0.15) is 0 Å². The minimum absolute atomic E-state index is 0.605. The molecule has 0 aliphatic rings. The van der Waals surface area contributed by atoms with Gasteiger partial charge < -0.3 is 0 Å². The Morgan fingerprint density at radius 1 is 1.50 bits per heavy atom. The Morgan fingerprint density at radius 3 is 2.83 bits per heavy atom. The van der Waals surface area contributed by atoms with Crippen molar-refractivity contribution in [1.82, 2.24) is 0 Å².